The van der Waals surface area contributed by atoms with Crippen LogP contribution < -0.4 is 10.6 Å². The fourth-order valence-electron chi connectivity index (χ4n) is 2.88. The molecular weight excluding hydrogens is 236 g/mol. The molecule has 0 atom stereocenters. The minimum Gasteiger partial charge on any atom is -0.329 e. The monoisotopic (exact) mass is 260 g/mol. The summed E-state index contributed by atoms with van der Waals surface area (Å²) in [5.74, 6) is 0.174. The zero-order valence-corrected chi connectivity index (χ0v) is 12.4. The van der Waals surface area contributed by atoms with Crippen molar-refractivity contribution >= 4 is 11.6 Å². The maximum atomic E-state index is 12.7. The van der Waals surface area contributed by atoms with Crippen molar-refractivity contribution in [2.24, 2.45) is 11.1 Å². The van der Waals surface area contributed by atoms with E-state index in [1.807, 2.05) is 7.05 Å². The Morgan fingerprint density at radius 3 is 2.26 bits per heavy atom. The highest BCUT2D eigenvalue weighted by Gasteiger charge is 2.44. The highest BCUT2D eigenvalue weighted by molar-refractivity contribution is 5.98. The minimum absolute atomic E-state index is 0.174. The van der Waals surface area contributed by atoms with Crippen molar-refractivity contribution in [2.75, 3.05) is 18.5 Å². The van der Waals surface area contributed by atoms with E-state index in [2.05, 4.69) is 32.9 Å². The first-order valence-electron chi connectivity index (χ1n) is 6.97. The van der Waals surface area contributed by atoms with Gasteiger partial charge in [0, 0.05) is 19.3 Å². The van der Waals surface area contributed by atoms with E-state index in [0.29, 0.717) is 6.54 Å². The topological polar surface area (TPSA) is 46.3 Å². The van der Waals surface area contributed by atoms with Crippen LogP contribution in [0.3, 0.4) is 0 Å². The Labute approximate surface area is 115 Å². The standard InChI is InChI=1S/C16H24N2O/c1-11-8-13(3)14(9-12(11)2)18(4)15(19)16(10-17)6-5-7-16/h8-9H,5-7,10,17H2,1-4H3. The van der Waals surface area contributed by atoms with Crippen LogP contribution in [0.5, 0.6) is 0 Å². The molecule has 104 valence electrons. The van der Waals surface area contributed by atoms with E-state index in [4.69, 9.17) is 5.73 Å². The third-order valence-corrected chi connectivity index (χ3v) is 4.63. The maximum Gasteiger partial charge on any atom is 0.234 e. The molecule has 19 heavy (non-hydrogen) atoms. The zero-order valence-electron chi connectivity index (χ0n) is 12.4. The molecule has 1 aliphatic rings. The van der Waals surface area contributed by atoms with E-state index in [-0.39, 0.29) is 11.3 Å². The van der Waals surface area contributed by atoms with Gasteiger partial charge in [0.2, 0.25) is 5.91 Å². The molecule has 0 bridgehead atoms. The van der Waals surface area contributed by atoms with Crippen molar-refractivity contribution in [3.63, 3.8) is 0 Å². The predicted octanol–water partition coefficient (Wildman–Crippen LogP) is 2.70. The first-order valence-corrected chi connectivity index (χ1v) is 6.97. The van der Waals surface area contributed by atoms with E-state index < -0.39 is 0 Å². The number of amides is 1. The Kier molecular flexibility index (Phi) is 3.68. The number of anilines is 1. The fraction of sp³-hybridized carbons (Fsp3) is 0.562. The summed E-state index contributed by atoms with van der Waals surface area (Å²) in [5.41, 5.74) is 10.2. The summed E-state index contributed by atoms with van der Waals surface area (Å²) in [4.78, 5) is 14.5. The number of rotatable bonds is 3. The van der Waals surface area contributed by atoms with Gasteiger partial charge in [0.15, 0.2) is 0 Å². The Balaban J connectivity index is 2.31. The smallest absolute Gasteiger partial charge is 0.234 e. The van der Waals surface area contributed by atoms with Crippen LogP contribution in [0.2, 0.25) is 0 Å². The molecule has 1 aromatic carbocycles. The zero-order chi connectivity index (χ0) is 14.2. The van der Waals surface area contributed by atoms with E-state index in [1.54, 1.807) is 4.90 Å². The Morgan fingerprint density at radius 2 is 1.79 bits per heavy atom. The van der Waals surface area contributed by atoms with Crippen LogP contribution >= 0.6 is 0 Å². The lowest BCUT2D eigenvalue weighted by Gasteiger charge is -2.42. The summed E-state index contributed by atoms with van der Waals surface area (Å²) in [6.07, 6.45) is 2.97. The number of aryl methyl sites for hydroxylation is 3. The van der Waals surface area contributed by atoms with Crippen LogP contribution in [-0.2, 0) is 4.79 Å². The Morgan fingerprint density at radius 1 is 1.21 bits per heavy atom. The van der Waals surface area contributed by atoms with Crippen LogP contribution in [-0.4, -0.2) is 19.5 Å². The molecule has 2 N–H and O–H groups in total. The lowest BCUT2D eigenvalue weighted by molar-refractivity contribution is -0.131. The molecule has 1 aromatic rings. The molecule has 0 radical (unpaired) electrons. The van der Waals surface area contributed by atoms with Gasteiger partial charge in [-0.25, -0.2) is 0 Å². The average Bonchev–Trinajstić information content (AvgIpc) is 2.32. The molecule has 1 amide bonds. The van der Waals surface area contributed by atoms with Crippen LogP contribution in [0.1, 0.15) is 36.0 Å². The summed E-state index contributed by atoms with van der Waals surface area (Å²) in [5, 5.41) is 0. The Hall–Kier alpha value is -1.35. The van der Waals surface area contributed by atoms with Gasteiger partial charge in [0.05, 0.1) is 5.41 Å². The van der Waals surface area contributed by atoms with E-state index in [0.717, 1.165) is 30.5 Å². The van der Waals surface area contributed by atoms with Gasteiger partial charge in [-0.3, -0.25) is 4.79 Å². The molecule has 0 unspecified atom stereocenters. The summed E-state index contributed by atoms with van der Waals surface area (Å²) in [7, 11) is 1.87. The summed E-state index contributed by atoms with van der Waals surface area (Å²) in [6.45, 7) is 6.70. The van der Waals surface area contributed by atoms with Gasteiger partial charge in [-0.1, -0.05) is 12.5 Å². The van der Waals surface area contributed by atoms with Crippen molar-refractivity contribution in [3.05, 3.63) is 28.8 Å². The second-order valence-electron chi connectivity index (χ2n) is 5.93. The largest absolute Gasteiger partial charge is 0.329 e. The number of benzene rings is 1. The number of nitrogens with zero attached hydrogens (tertiary/aromatic N) is 1. The number of hydrogen-bond acceptors (Lipinski definition) is 2. The predicted molar refractivity (Wildman–Crippen MR) is 79.4 cm³/mol. The maximum absolute atomic E-state index is 12.7. The van der Waals surface area contributed by atoms with Gasteiger partial charge in [0.25, 0.3) is 0 Å². The number of nitrogens with two attached hydrogens (primary N) is 1. The van der Waals surface area contributed by atoms with E-state index in [1.165, 1.54) is 11.1 Å². The lowest BCUT2D eigenvalue weighted by Crippen LogP contribution is -2.51. The lowest BCUT2D eigenvalue weighted by atomic mass is 9.68. The summed E-state index contributed by atoms with van der Waals surface area (Å²) in [6, 6.07) is 4.25. The summed E-state index contributed by atoms with van der Waals surface area (Å²) < 4.78 is 0. The third-order valence-electron chi connectivity index (χ3n) is 4.63. The SMILES string of the molecule is Cc1cc(C)c(N(C)C(=O)C2(CN)CCC2)cc1C. The van der Waals surface area contributed by atoms with Crippen molar-refractivity contribution in [2.45, 2.75) is 40.0 Å². The quantitative estimate of drug-likeness (QED) is 0.908. The van der Waals surface area contributed by atoms with Crippen molar-refractivity contribution in [1.82, 2.24) is 0 Å². The molecule has 0 saturated heterocycles. The van der Waals surface area contributed by atoms with E-state index >= 15 is 0 Å². The van der Waals surface area contributed by atoms with Crippen LogP contribution in [0.15, 0.2) is 12.1 Å². The molecule has 1 aliphatic carbocycles. The highest BCUT2D eigenvalue weighted by atomic mass is 16.2. The summed E-state index contributed by atoms with van der Waals surface area (Å²) >= 11 is 0. The van der Waals surface area contributed by atoms with Gasteiger partial charge in [-0.05, 0) is 56.4 Å². The molecule has 0 aromatic heterocycles. The van der Waals surface area contributed by atoms with Gasteiger partial charge < -0.3 is 10.6 Å². The molecular formula is C16H24N2O. The van der Waals surface area contributed by atoms with Crippen LogP contribution in [0.4, 0.5) is 5.69 Å². The molecule has 1 fully saturated rings. The number of carbonyl (C=O) groups excluding carboxylic acids is 1. The third kappa shape index (κ3) is 2.27. The second kappa shape index (κ2) is 4.97. The van der Waals surface area contributed by atoms with E-state index in [9.17, 15) is 4.79 Å². The van der Waals surface area contributed by atoms with Crippen molar-refractivity contribution in [1.29, 1.82) is 0 Å². The van der Waals surface area contributed by atoms with Gasteiger partial charge in [0.1, 0.15) is 0 Å². The molecule has 2 rings (SSSR count). The van der Waals surface area contributed by atoms with Crippen molar-refractivity contribution < 1.29 is 4.79 Å². The first kappa shape index (κ1) is 14.1. The number of hydrogen-bond donors (Lipinski definition) is 1. The van der Waals surface area contributed by atoms with Crippen molar-refractivity contribution in [3.8, 4) is 0 Å². The normalized spacial score (nSPS) is 16.9. The average molecular weight is 260 g/mol. The highest BCUT2D eigenvalue weighted by Crippen LogP contribution is 2.42. The second-order valence-corrected chi connectivity index (χ2v) is 5.93. The van der Waals surface area contributed by atoms with Crippen LogP contribution in [0, 0.1) is 26.2 Å². The Bertz CT molecular complexity index is 498. The van der Waals surface area contributed by atoms with Gasteiger partial charge in [-0.2, -0.15) is 0 Å². The van der Waals surface area contributed by atoms with Crippen LogP contribution in [0.25, 0.3) is 0 Å². The number of carbonyl (C=O) groups is 1. The first-order chi connectivity index (χ1) is 8.91. The fourth-order valence-corrected chi connectivity index (χ4v) is 2.88. The molecule has 0 heterocycles. The van der Waals surface area contributed by atoms with Gasteiger partial charge >= 0.3 is 0 Å². The van der Waals surface area contributed by atoms with Gasteiger partial charge in [-0.15, -0.1) is 0 Å². The molecule has 1 saturated carbocycles. The molecule has 0 aliphatic heterocycles. The molecule has 3 heteroatoms. The molecule has 0 spiro atoms. The molecule has 3 nitrogen and oxygen atoms in total. The minimum atomic E-state index is -0.306.